The SMILES string of the molecule is CC(C)(C)CC(C)(C)NC(=S)NC(C)(C)CC(C)(C)C. The number of nitrogens with one attached hydrogen (secondary N) is 2. The topological polar surface area (TPSA) is 24.1 Å². The fourth-order valence-electron chi connectivity index (χ4n) is 3.39. The van der Waals surface area contributed by atoms with Gasteiger partial charge in [0, 0.05) is 11.1 Å². The van der Waals surface area contributed by atoms with Crippen molar-refractivity contribution in [1.29, 1.82) is 0 Å². The van der Waals surface area contributed by atoms with E-state index in [2.05, 4.69) is 79.9 Å². The second-order valence-electron chi connectivity index (χ2n) is 9.82. The molecule has 0 aliphatic carbocycles. The summed E-state index contributed by atoms with van der Waals surface area (Å²) in [5.74, 6) is 0. The predicted molar refractivity (Wildman–Crippen MR) is 95.2 cm³/mol. The Morgan fingerprint density at radius 3 is 1.10 bits per heavy atom. The monoisotopic (exact) mass is 300 g/mol. The van der Waals surface area contributed by atoms with E-state index in [0.717, 1.165) is 18.0 Å². The van der Waals surface area contributed by atoms with Crippen molar-refractivity contribution in [1.82, 2.24) is 10.6 Å². The first kappa shape index (κ1) is 19.7. The van der Waals surface area contributed by atoms with Crippen molar-refractivity contribution in [2.45, 2.75) is 93.2 Å². The molecule has 20 heavy (non-hydrogen) atoms. The Balaban J connectivity index is 4.56. The lowest BCUT2D eigenvalue weighted by molar-refractivity contribution is 0.252. The molecular formula is C17H36N2S. The lowest BCUT2D eigenvalue weighted by Crippen LogP contribution is -2.55. The highest BCUT2D eigenvalue weighted by Crippen LogP contribution is 2.28. The molecule has 0 saturated carbocycles. The molecule has 0 fully saturated rings. The van der Waals surface area contributed by atoms with Gasteiger partial charge in [-0.3, -0.25) is 0 Å². The van der Waals surface area contributed by atoms with Gasteiger partial charge >= 0.3 is 0 Å². The largest absolute Gasteiger partial charge is 0.358 e. The van der Waals surface area contributed by atoms with Gasteiger partial charge in [0.2, 0.25) is 0 Å². The third-order valence-corrected chi connectivity index (χ3v) is 3.05. The number of thiocarbonyl (C=S) groups is 1. The molecule has 0 bridgehead atoms. The number of rotatable bonds is 4. The molecule has 0 spiro atoms. The minimum Gasteiger partial charge on any atom is -0.358 e. The van der Waals surface area contributed by atoms with E-state index in [4.69, 9.17) is 12.2 Å². The van der Waals surface area contributed by atoms with Crippen LogP contribution in [0.25, 0.3) is 0 Å². The van der Waals surface area contributed by atoms with E-state index in [0.29, 0.717) is 0 Å². The van der Waals surface area contributed by atoms with E-state index >= 15 is 0 Å². The lowest BCUT2D eigenvalue weighted by Gasteiger charge is -2.38. The molecule has 0 atom stereocenters. The fraction of sp³-hybridized carbons (Fsp3) is 0.941. The molecule has 0 radical (unpaired) electrons. The van der Waals surface area contributed by atoms with Gasteiger partial charge in [-0.15, -0.1) is 0 Å². The quantitative estimate of drug-likeness (QED) is 0.724. The third kappa shape index (κ3) is 10.5. The smallest absolute Gasteiger partial charge is 0.167 e. The van der Waals surface area contributed by atoms with Crippen LogP contribution in [0.15, 0.2) is 0 Å². The minimum atomic E-state index is 0.000145. The summed E-state index contributed by atoms with van der Waals surface area (Å²) >= 11 is 5.51. The molecular weight excluding hydrogens is 264 g/mol. The Morgan fingerprint density at radius 2 is 0.900 bits per heavy atom. The van der Waals surface area contributed by atoms with Gasteiger partial charge in [-0.2, -0.15) is 0 Å². The maximum atomic E-state index is 5.51. The minimum absolute atomic E-state index is 0.000145. The van der Waals surface area contributed by atoms with Crippen LogP contribution >= 0.6 is 12.2 Å². The van der Waals surface area contributed by atoms with Crippen LogP contribution in [-0.4, -0.2) is 16.2 Å². The third-order valence-electron chi connectivity index (χ3n) is 2.85. The van der Waals surface area contributed by atoms with Crippen LogP contribution in [0.5, 0.6) is 0 Å². The van der Waals surface area contributed by atoms with Crippen molar-refractivity contribution in [3.8, 4) is 0 Å². The van der Waals surface area contributed by atoms with E-state index in [1.165, 1.54) is 0 Å². The lowest BCUT2D eigenvalue weighted by atomic mass is 9.81. The van der Waals surface area contributed by atoms with Gasteiger partial charge in [-0.05, 0) is 63.6 Å². The fourth-order valence-corrected chi connectivity index (χ4v) is 3.94. The Kier molecular flexibility index (Phi) is 6.11. The highest BCUT2D eigenvalue weighted by molar-refractivity contribution is 7.80. The first-order valence-corrected chi connectivity index (χ1v) is 8.03. The molecule has 120 valence electrons. The molecule has 0 aliphatic rings. The summed E-state index contributed by atoms with van der Waals surface area (Å²) in [6.07, 6.45) is 2.14. The summed E-state index contributed by atoms with van der Waals surface area (Å²) in [6, 6.07) is 0. The van der Waals surface area contributed by atoms with E-state index in [9.17, 15) is 0 Å². The molecule has 0 aromatic heterocycles. The van der Waals surface area contributed by atoms with Gasteiger partial charge in [0.15, 0.2) is 5.11 Å². The molecule has 0 saturated heterocycles. The maximum Gasteiger partial charge on any atom is 0.167 e. The molecule has 0 rings (SSSR count). The summed E-state index contributed by atoms with van der Waals surface area (Å²) in [4.78, 5) is 0. The molecule has 0 aliphatic heterocycles. The van der Waals surface area contributed by atoms with Gasteiger partial charge in [-0.1, -0.05) is 41.5 Å². The van der Waals surface area contributed by atoms with Gasteiger partial charge in [0.1, 0.15) is 0 Å². The van der Waals surface area contributed by atoms with Crippen LogP contribution in [0.1, 0.15) is 82.1 Å². The molecule has 2 N–H and O–H groups in total. The Labute approximate surface area is 132 Å². The molecule has 0 heterocycles. The van der Waals surface area contributed by atoms with Crippen molar-refractivity contribution < 1.29 is 0 Å². The van der Waals surface area contributed by atoms with Crippen LogP contribution in [0, 0.1) is 10.8 Å². The van der Waals surface area contributed by atoms with Crippen molar-refractivity contribution in [3.63, 3.8) is 0 Å². The van der Waals surface area contributed by atoms with Crippen molar-refractivity contribution >= 4 is 17.3 Å². The van der Waals surface area contributed by atoms with Gasteiger partial charge in [0.05, 0.1) is 0 Å². The summed E-state index contributed by atoms with van der Waals surface area (Å²) in [5, 5.41) is 7.71. The zero-order valence-electron chi connectivity index (χ0n) is 15.3. The average Bonchev–Trinajstić information content (AvgIpc) is 1.86. The highest BCUT2D eigenvalue weighted by atomic mass is 32.1. The van der Waals surface area contributed by atoms with E-state index in [-0.39, 0.29) is 21.9 Å². The van der Waals surface area contributed by atoms with Gasteiger partial charge < -0.3 is 10.6 Å². The van der Waals surface area contributed by atoms with Crippen LogP contribution < -0.4 is 10.6 Å². The molecule has 0 aromatic rings. The van der Waals surface area contributed by atoms with E-state index < -0.39 is 0 Å². The van der Waals surface area contributed by atoms with E-state index in [1.54, 1.807) is 0 Å². The van der Waals surface area contributed by atoms with Crippen LogP contribution in [0.2, 0.25) is 0 Å². The van der Waals surface area contributed by atoms with Crippen molar-refractivity contribution in [2.24, 2.45) is 10.8 Å². The maximum absolute atomic E-state index is 5.51. The van der Waals surface area contributed by atoms with Gasteiger partial charge in [0.25, 0.3) is 0 Å². The summed E-state index contributed by atoms with van der Waals surface area (Å²) in [6.45, 7) is 22.4. The number of hydrogen-bond acceptors (Lipinski definition) is 1. The van der Waals surface area contributed by atoms with E-state index in [1.807, 2.05) is 0 Å². The van der Waals surface area contributed by atoms with Crippen LogP contribution in [-0.2, 0) is 0 Å². The second kappa shape index (κ2) is 6.21. The van der Waals surface area contributed by atoms with Crippen LogP contribution in [0.4, 0.5) is 0 Å². The predicted octanol–water partition coefficient (Wildman–Crippen LogP) is 4.88. The first-order chi connectivity index (χ1) is 8.52. The Bertz CT molecular complexity index is 298. The highest BCUT2D eigenvalue weighted by Gasteiger charge is 2.29. The zero-order chi connectivity index (χ0) is 16.4. The van der Waals surface area contributed by atoms with Crippen molar-refractivity contribution in [3.05, 3.63) is 0 Å². The van der Waals surface area contributed by atoms with Crippen LogP contribution in [0.3, 0.4) is 0 Å². The molecule has 0 unspecified atom stereocenters. The average molecular weight is 301 g/mol. The number of hydrogen-bond donors (Lipinski definition) is 2. The summed E-state index contributed by atoms with van der Waals surface area (Å²) in [7, 11) is 0. The molecule has 0 aromatic carbocycles. The Hall–Kier alpha value is -0.310. The Morgan fingerprint density at radius 1 is 0.650 bits per heavy atom. The second-order valence-corrected chi connectivity index (χ2v) is 10.2. The van der Waals surface area contributed by atoms with Gasteiger partial charge in [-0.25, -0.2) is 0 Å². The zero-order valence-corrected chi connectivity index (χ0v) is 16.1. The first-order valence-electron chi connectivity index (χ1n) is 7.62. The van der Waals surface area contributed by atoms with Crippen molar-refractivity contribution in [2.75, 3.05) is 0 Å². The summed E-state index contributed by atoms with van der Waals surface area (Å²) < 4.78 is 0. The normalized spacial score (nSPS) is 14.1. The molecule has 3 heteroatoms. The molecule has 2 nitrogen and oxygen atoms in total. The summed E-state index contributed by atoms with van der Waals surface area (Å²) in [5.41, 5.74) is 0.570. The standard InChI is InChI=1S/C17H36N2S/c1-14(2,3)11-16(7,8)18-13(20)19-17(9,10)12-15(4,5)6/h11-12H2,1-10H3,(H2,18,19,20). The molecule has 0 amide bonds.